The van der Waals surface area contributed by atoms with E-state index in [2.05, 4.69) is 19.9 Å². The summed E-state index contributed by atoms with van der Waals surface area (Å²) in [6.45, 7) is 6.29. The molecule has 1 aromatic carbocycles. The van der Waals surface area contributed by atoms with Gasteiger partial charge in [-0.1, -0.05) is 31.5 Å². The molecule has 78 valence electrons. The molecule has 3 heteroatoms. The van der Waals surface area contributed by atoms with Crippen molar-refractivity contribution in [1.29, 1.82) is 0 Å². The van der Waals surface area contributed by atoms with Gasteiger partial charge in [-0.25, -0.2) is 0 Å². The third kappa shape index (κ3) is 2.91. The van der Waals surface area contributed by atoms with E-state index in [4.69, 9.17) is 17.3 Å². The molecule has 0 aliphatic heterocycles. The molecule has 0 saturated heterocycles. The van der Waals surface area contributed by atoms with Gasteiger partial charge in [-0.15, -0.1) is 11.8 Å². The van der Waals surface area contributed by atoms with Crippen molar-refractivity contribution in [2.24, 2.45) is 5.73 Å². The summed E-state index contributed by atoms with van der Waals surface area (Å²) >= 11 is 7.92. The first-order valence-corrected chi connectivity index (χ1v) is 5.98. The minimum absolute atomic E-state index is 0.00931. The highest BCUT2D eigenvalue weighted by atomic mass is 35.5. The molecule has 0 fully saturated rings. The standard InChI is InChI=1S/C11H16ClNS/c1-7(2)14-10-6-4-5-9(12)11(10)8(3)13/h4-8H,13H2,1-3H3/t8-/m1/s1. The zero-order valence-corrected chi connectivity index (χ0v) is 10.3. The predicted molar refractivity (Wildman–Crippen MR) is 65.0 cm³/mol. The van der Waals surface area contributed by atoms with Gasteiger partial charge >= 0.3 is 0 Å². The third-order valence-corrected chi connectivity index (χ3v) is 3.24. The van der Waals surface area contributed by atoms with E-state index >= 15 is 0 Å². The van der Waals surface area contributed by atoms with E-state index in [1.165, 1.54) is 4.90 Å². The SMILES string of the molecule is CC(C)Sc1cccc(Cl)c1[C@@H](C)N. The molecule has 14 heavy (non-hydrogen) atoms. The number of benzene rings is 1. The van der Waals surface area contributed by atoms with Gasteiger partial charge in [0.15, 0.2) is 0 Å². The van der Waals surface area contributed by atoms with Crippen molar-refractivity contribution < 1.29 is 0 Å². The van der Waals surface area contributed by atoms with Crippen molar-refractivity contribution in [2.45, 2.75) is 37.0 Å². The van der Waals surface area contributed by atoms with Gasteiger partial charge in [0.05, 0.1) is 0 Å². The summed E-state index contributed by atoms with van der Waals surface area (Å²) < 4.78 is 0. The summed E-state index contributed by atoms with van der Waals surface area (Å²) in [7, 11) is 0. The minimum atomic E-state index is -0.00931. The van der Waals surface area contributed by atoms with Gasteiger partial charge in [0.1, 0.15) is 0 Å². The van der Waals surface area contributed by atoms with E-state index in [1.807, 2.05) is 19.1 Å². The van der Waals surface area contributed by atoms with E-state index in [0.29, 0.717) is 5.25 Å². The molecule has 1 nitrogen and oxygen atoms in total. The Balaban J connectivity index is 3.08. The molecular weight excluding hydrogens is 214 g/mol. The van der Waals surface area contributed by atoms with Crippen LogP contribution in [0.2, 0.25) is 5.02 Å². The van der Waals surface area contributed by atoms with Crippen LogP contribution in [0.5, 0.6) is 0 Å². The lowest BCUT2D eigenvalue weighted by molar-refractivity contribution is 0.797. The second kappa shape index (κ2) is 5.06. The summed E-state index contributed by atoms with van der Waals surface area (Å²) in [5.41, 5.74) is 6.96. The van der Waals surface area contributed by atoms with E-state index in [1.54, 1.807) is 11.8 Å². The Hall–Kier alpha value is -0.180. The first kappa shape index (κ1) is 11.9. The first-order valence-electron chi connectivity index (χ1n) is 4.73. The van der Waals surface area contributed by atoms with Crippen LogP contribution in [0.4, 0.5) is 0 Å². The minimum Gasteiger partial charge on any atom is -0.324 e. The van der Waals surface area contributed by atoms with Crippen LogP contribution in [-0.4, -0.2) is 5.25 Å². The number of halogens is 1. The van der Waals surface area contributed by atoms with E-state index in [9.17, 15) is 0 Å². The van der Waals surface area contributed by atoms with Crippen molar-refractivity contribution in [1.82, 2.24) is 0 Å². The average molecular weight is 230 g/mol. The van der Waals surface area contributed by atoms with Crippen LogP contribution in [0.3, 0.4) is 0 Å². The van der Waals surface area contributed by atoms with Gasteiger partial charge in [0.2, 0.25) is 0 Å². The Bertz CT molecular complexity index is 310. The lowest BCUT2D eigenvalue weighted by atomic mass is 10.1. The molecule has 0 amide bonds. The van der Waals surface area contributed by atoms with Crippen LogP contribution in [0.1, 0.15) is 32.4 Å². The topological polar surface area (TPSA) is 26.0 Å². The zero-order valence-electron chi connectivity index (χ0n) is 8.75. The van der Waals surface area contributed by atoms with Crippen molar-refractivity contribution in [2.75, 3.05) is 0 Å². The van der Waals surface area contributed by atoms with Crippen LogP contribution in [-0.2, 0) is 0 Å². The highest BCUT2D eigenvalue weighted by Gasteiger charge is 2.12. The smallest absolute Gasteiger partial charge is 0.0464 e. The molecule has 1 atom stereocenters. The molecule has 0 bridgehead atoms. The third-order valence-electron chi connectivity index (χ3n) is 1.83. The van der Waals surface area contributed by atoms with Gasteiger partial charge in [-0.05, 0) is 19.1 Å². The van der Waals surface area contributed by atoms with Crippen molar-refractivity contribution >= 4 is 23.4 Å². The monoisotopic (exact) mass is 229 g/mol. The van der Waals surface area contributed by atoms with E-state index in [0.717, 1.165) is 10.6 Å². The van der Waals surface area contributed by atoms with Crippen LogP contribution < -0.4 is 5.73 Å². The Kier molecular flexibility index (Phi) is 4.30. The summed E-state index contributed by atoms with van der Waals surface area (Å²) in [6.07, 6.45) is 0. The maximum Gasteiger partial charge on any atom is 0.0464 e. The number of hydrogen-bond acceptors (Lipinski definition) is 2. The highest BCUT2D eigenvalue weighted by molar-refractivity contribution is 8.00. The molecule has 0 saturated carbocycles. The Morgan fingerprint density at radius 3 is 2.43 bits per heavy atom. The largest absolute Gasteiger partial charge is 0.324 e. The second-order valence-corrected chi connectivity index (χ2v) is 5.63. The number of thioether (sulfide) groups is 1. The van der Waals surface area contributed by atoms with E-state index in [-0.39, 0.29) is 6.04 Å². The predicted octanol–water partition coefficient (Wildman–Crippen LogP) is 3.86. The maximum absolute atomic E-state index is 6.11. The fourth-order valence-electron chi connectivity index (χ4n) is 1.32. The number of nitrogens with two attached hydrogens (primary N) is 1. The molecule has 0 unspecified atom stereocenters. The Morgan fingerprint density at radius 2 is 1.93 bits per heavy atom. The quantitative estimate of drug-likeness (QED) is 0.797. The highest BCUT2D eigenvalue weighted by Crippen LogP contribution is 2.34. The molecule has 0 radical (unpaired) electrons. The van der Waals surface area contributed by atoms with E-state index < -0.39 is 0 Å². The van der Waals surface area contributed by atoms with Gasteiger partial charge in [0.25, 0.3) is 0 Å². The van der Waals surface area contributed by atoms with Gasteiger partial charge in [0, 0.05) is 26.8 Å². The molecule has 2 N–H and O–H groups in total. The van der Waals surface area contributed by atoms with Crippen LogP contribution in [0.25, 0.3) is 0 Å². The molecule has 0 aliphatic rings. The Labute approximate surface area is 95.0 Å². The van der Waals surface area contributed by atoms with Crippen LogP contribution in [0, 0.1) is 0 Å². The molecule has 0 aromatic heterocycles. The molecule has 0 heterocycles. The van der Waals surface area contributed by atoms with Gasteiger partial charge in [-0.3, -0.25) is 0 Å². The van der Waals surface area contributed by atoms with Gasteiger partial charge in [-0.2, -0.15) is 0 Å². The molecule has 0 spiro atoms. The summed E-state index contributed by atoms with van der Waals surface area (Å²) in [4.78, 5) is 1.20. The van der Waals surface area contributed by atoms with Crippen LogP contribution in [0.15, 0.2) is 23.1 Å². The van der Waals surface area contributed by atoms with Crippen molar-refractivity contribution in [3.8, 4) is 0 Å². The normalized spacial score (nSPS) is 13.3. The number of hydrogen-bond donors (Lipinski definition) is 1. The molecule has 1 rings (SSSR count). The maximum atomic E-state index is 6.11. The van der Waals surface area contributed by atoms with Crippen molar-refractivity contribution in [3.63, 3.8) is 0 Å². The summed E-state index contributed by atoms with van der Waals surface area (Å²) in [5.74, 6) is 0. The number of rotatable bonds is 3. The average Bonchev–Trinajstić information content (AvgIpc) is 2.01. The summed E-state index contributed by atoms with van der Waals surface area (Å²) in [6, 6.07) is 5.93. The fourth-order valence-corrected chi connectivity index (χ4v) is 2.81. The molecule has 1 aromatic rings. The van der Waals surface area contributed by atoms with Crippen LogP contribution >= 0.6 is 23.4 Å². The second-order valence-electron chi connectivity index (χ2n) is 3.61. The molecule has 0 aliphatic carbocycles. The van der Waals surface area contributed by atoms with Gasteiger partial charge < -0.3 is 5.73 Å². The molecular formula is C11H16ClNS. The first-order chi connectivity index (χ1) is 6.52. The zero-order chi connectivity index (χ0) is 10.7. The fraction of sp³-hybridized carbons (Fsp3) is 0.455. The lowest BCUT2D eigenvalue weighted by Gasteiger charge is -2.15. The summed E-state index contributed by atoms with van der Waals surface area (Å²) in [5, 5.41) is 1.32. The Morgan fingerprint density at radius 1 is 1.29 bits per heavy atom. The lowest BCUT2D eigenvalue weighted by Crippen LogP contribution is -2.07. The van der Waals surface area contributed by atoms with Crippen molar-refractivity contribution in [3.05, 3.63) is 28.8 Å².